The van der Waals surface area contributed by atoms with E-state index in [0.717, 1.165) is 0 Å². The maximum Gasteiger partial charge on any atom is 0.234 e. The quantitative estimate of drug-likeness (QED) is 0.749. The minimum absolute atomic E-state index is 0.123. The number of nitrogens with one attached hydrogen (secondary N) is 2. The molecule has 1 aromatic carbocycles. The number of amides is 2. The molecule has 0 fully saturated rings. The summed E-state index contributed by atoms with van der Waals surface area (Å²) in [4.78, 5) is 23.2. The number of nitrogens with zero attached hydrogens (tertiary/aromatic N) is 2. The molecule has 0 aliphatic rings. The molecule has 0 aliphatic heterocycles. The van der Waals surface area contributed by atoms with Crippen LogP contribution in [-0.2, 0) is 9.59 Å². The van der Waals surface area contributed by atoms with Crippen molar-refractivity contribution in [3.05, 3.63) is 36.4 Å². The molecule has 0 unspecified atom stereocenters. The fourth-order valence-electron chi connectivity index (χ4n) is 1.73. The number of carbonyl (C=O) groups is 2. The molecule has 0 aliphatic carbocycles. The second-order valence-corrected chi connectivity index (χ2v) is 5.72. The molecule has 126 valence electrons. The van der Waals surface area contributed by atoms with Gasteiger partial charge in [-0.15, -0.1) is 10.2 Å². The van der Waals surface area contributed by atoms with Gasteiger partial charge in [-0.25, -0.2) is 0 Å². The molecular weight excluding hydrogens is 328 g/mol. The molecule has 8 heteroatoms. The van der Waals surface area contributed by atoms with Gasteiger partial charge in [0.05, 0.1) is 12.9 Å². The molecule has 0 radical (unpaired) electrons. The summed E-state index contributed by atoms with van der Waals surface area (Å²) in [7, 11) is 1.57. The largest absolute Gasteiger partial charge is 0.497 e. The van der Waals surface area contributed by atoms with Gasteiger partial charge in [-0.05, 0) is 24.3 Å². The molecule has 2 amide bonds. The number of carbonyl (C=O) groups excluding carboxylic acids is 2. The monoisotopic (exact) mass is 346 g/mol. The number of hydrogen-bond acceptors (Lipinski definition) is 6. The topological polar surface area (TPSA) is 93.2 Å². The Kier molecular flexibility index (Phi) is 6.56. The van der Waals surface area contributed by atoms with Gasteiger partial charge in [0.25, 0.3) is 0 Å². The molecule has 0 bridgehead atoms. The van der Waals surface area contributed by atoms with E-state index in [-0.39, 0.29) is 17.6 Å². The Bertz CT molecular complexity index is 707. The molecule has 0 saturated carbocycles. The highest BCUT2D eigenvalue weighted by Gasteiger charge is 2.07. The zero-order valence-electron chi connectivity index (χ0n) is 13.4. The van der Waals surface area contributed by atoms with Crippen LogP contribution in [0.5, 0.6) is 5.75 Å². The highest BCUT2D eigenvalue weighted by atomic mass is 32.2. The lowest BCUT2D eigenvalue weighted by molar-refractivity contribution is -0.116. The van der Waals surface area contributed by atoms with Crippen molar-refractivity contribution in [1.82, 2.24) is 10.2 Å². The van der Waals surface area contributed by atoms with Crippen LogP contribution in [0.4, 0.5) is 11.5 Å². The van der Waals surface area contributed by atoms with E-state index in [1.54, 1.807) is 50.4 Å². The van der Waals surface area contributed by atoms with Gasteiger partial charge in [-0.1, -0.05) is 24.8 Å². The second-order valence-electron chi connectivity index (χ2n) is 4.73. The molecular formula is C16H18N4O3S. The highest BCUT2D eigenvalue weighted by molar-refractivity contribution is 7.99. The lowest BCUT2D eigenvalue weighted by Crippen LogP contribution is -2.14. The van der Waals surface area contributed by atoms with Crippen LogP contribution in [0.15, 0.2) is 41.4 Å². The van der Waals surface area contributed by atoms with Crippen LogP contribution in [0, 0.1) is 0 Å². The fraction of sp³-hybridized carbons (Fsp3) is 0.250. The number of rotatable bonds is 7. The third-order valence-electron chi connectivity index (χ3n) is 2.93. The fourth-order valence-corrected chi connectivity index (χ4v) is 2.35. The zero-order valence-corrected chi connectivity index (χ0v) is 14.2. The molecule has 1 aromatic heterocycles. The third kappa shape index (κ3) is 5.54. The van der Waals surface area contributed by atoms with E-state index in [0.29, 0.717) is 28.7 Å². The molecule has 7 nitrogen and oxygen atoms in total. The molecule has 2 rings (SSSR count). The molecule has 1 heterocycles. The Morgan fingerprint density at radius 3 is 2.62 bits per heavy atom. The predicted molar refractivity (Wildman–Crippen MR) is 93.3 cm³/mol. The molecule has 2 aromatic rings. The van der Waals surface area contributed by atoms with Crippen molar-refractivity contribution in [3.8, 4) is 5.75 Å². The Balaban J connectivity index is 1.83. The maximum absolute atomic E-state index is 12.0. The van der Waals surface area contributed by atoms with E-state index in [2.05, 4.69) is 20.8 Å². The van der Waals surface area contributed by atoms with Crippen molar-refractivity contribution < 1.29 is 14.3 Å². The van der Waals surface area contributed by atoms with Crippen LogP contribution in [-0.4, -0.2) is 34.9 Å². The van der Waals surface area contributed by atoms with Gasteiger partial charge < -0.3 is 15.4 Å². The summed E-state index contributed by atoms with van der Waals surface area (Å²) in [5, 5.41) is 13.9. The van der Waals surface area contributed by atoms with E-state index in [1.807, 2.05) is 0 Å². The highest BCUT2D eigenvalue weighted by Crippen LogP contribution is 2.19. The van der Waals surface area contributed by atoms with Crippen molar-refractivity contribution >= 4 is 35.1 Å². The Hall–Kier alpha value is -2.61. The van der Waals surface area contributed by atoms with Crippen molar-refractivity contribution in [2.45, 2.75) is 18.4 Å². The van der Waals surface area contributed by atoms with E-state index >= 15 is 0 Å². The summed E-state index contributed by atoms with van der Waals surface area (Å²) in [6, 6.07) is 10.5. The first kappa shape index (κ1) is 17.7. The number of aromatic nitrogens is 2. The second kappa shape index (κ2) is 8.88. The van der Waals surface area contributed by atoms with Crippen LogP contribution in [0.3, 0.4) is 0 Å². The Morgan fingerprint density at radius 1 is 1.12 bits per heavy atom. The first-order chi connectivity index (χ1) is 11.6. The third-order valence-corrected chi connectivity index (χ3v) is 3.85. The average Bonchev–Trinajstić information content (AvgIpc) is 2.61. The maximum atomic E-state index is 12.0. The lowest BCUT2D eigenvalue weighted by atomic mass is 10.3. The first-order valence-corrected chi connectivity index (χ1v) is 8.29. The van der Waals surface area contributed by atoms with Gasteiger partial charge in [-0.2, -0.15) is 0 Å². The minimum Gasteiger partial charge on any atom is -0.497 e. The van der Waals surface area contributed by atoms with Gasteiger partial charge in [0.15, 0.2) is 5.82 Å². The number of ether oxygens (including phenoxy) is 1. The zero-order chi connectivity index (χ0) is 17.4. The summed E-state index contributed by atoms with van der Waals surface area (Å²) < 4.78 is 5.11. The number of hydrogen-bond donors (Lipinski definition) is 2. The number of anilines is 2. The van der Waals surface area contributed by atoms with E-state index < -0.39 is 0 Å². The normalized spacial score (nSPS) is 10.1. The summed E-state index contributed by atoms with van der Waals surface area (Å²) in [6.07, 6.45) is 0.378. The molecule has 24 heavy (non-hydrogen) atoms. The van der Waals surface area contributed by atoms with Crippen LogP contribution in [0.1, 0.15) is 13.3 Å². The lowest BCUT2D eigenvalue weighted by Gasteiger charge is -2.07. The van der Waals surface area contributed by atoms with Crippen molar-refractivity contribution in [1.29, 1.82) is 0 Å². The molecule has 0 saturated heterocycles. The molecule has 0 atom stereocenters. The van der Waals surface area contributed by atoms with E-state index in [4.69, 9.17) is 4.74 Å². The predicted octanol–water partition coefficient (Wildman–Crippen LogP) is 2.56. The van der Waals surface area contributed by atoms with Gasteiger partial charge in [0.1, 0.15) is 10.8 Å². The SMILES string of the molecule is CCC(=O)Nc1ccc(SCC(=O)Nc2cccc(OC)c2)nn1. The van der Waals surface area contributed by atoms with Crippen LogP contribution in [0.2, 0.25) is 0 Å². The van der Waals surface area contributed by atoms with Gasteiger partial charge in [0, 0.05) is 18.2 Å². The summed E-state index contributed by atoms with van der Waals surface area (Å²) >= 11 is 1.26. The first-order valence-electron chi connectivity index (χ1n) is 7.31. The van der Waals surface area contributed by atoms with Gasteiger partial charge in [-0.3, -0.25) is 9.59 Å². The van der Waals surface area contributed by atoms with Crippen LogP contribution < -0.4 is 15.4 Å². The van der Waals surface area contributed by atoms with Crippen molar-refractivity contribution in [3.63, 3.8) is 0 Å². The van der Waals surface area contributed by atoms with E-state index in [1.165, 1.54) is 11.8 Å². The Labute approximate surface area is 144 Å². The summed E-state index contributed by atoms with van der Waals surface area (Å²) in [5.74, 6) is 0.996. The van der Waals surface area contributed by atoms with Crippen LogP contribution >= 0.6 is 11.8 Å². The van der Waals surface area contributed by atoms with Crippen molar-refractivity contribution in [2.24, 2.45) is 0 Å². The van der Waals surface area contributed by atoms with Gasteiger partial charge in [0.2, 0.25) is 11.8 Å². The van der Waals surface area contributed by atoms with E-state index in [9.17, 15) is 9.59 Å². The summed E-state index contributed by atoms with van der Waals surface area (Å²) in [6.45, 7) is 1.76. The minimum atomic E-state index is -0.154. The smallest absolute Gasteiger partial charge is 0.234 e. The standard InChI is InChI=1S/C16H18N4O3S/c1-3-14(21)18-13-7-8-16(20-19-13)24-10-15(22)17-11-5-4-6-12(9-11)23-2/h4-9H,3,10H2,1-2H3,(H,17,22)(H,18,19,21). The number of thioether (sulfide) groups is 1. The number of benzene rings is 1. The molecule has 2 N–H and O–H groups in total. The average molecular weight is 346 g/mol. The van der Waals surface area contributed by atoms with Crippen molar-refractivity contribution in [2.75, 3.05) is 23.5 Å². The summed E-state index contributed by atoms with van der Waals surface area (Å²) in [5.41, 5.74) is 0.670. The van der Waals surface area contributed by atoms with Crippen LogP contribution in [0.25, 0.3) is 0 Å². The Morgan fingerprint density at radius 2 is 1.96 bits per heavy atom. The number of methoxy groups -OCH3 is 1. The van der Waals surface area contributed by atoms with Gasteiger partial charge >= 0.3 is 0 Å². The molecule has 0 spiro atoms.